The van der Waals surface area contributed by atoms with Gasteiger partial charge in [0.05, 0.1) is 17.7 Å². The smallest absolute Gasteiger partial charge is 0.395 e. The molecule has 0 radical (unpaired) electrons. The number of aromatic nitrogens is 1. The van der Waals surface area contributed by atoms with Gasteiger partial charge in [0.15, 0.2) is 0 Å². The van der Waals surface area contributed by atoms with Gasteiger partial charge < -0.3 is 19.3 Å². The number of nitrogens with zero attached hydrogens (tertiary/aromatic N) is 2. The van der Waals surface area contributed by atoms with Crippen molar-refractivity contribution in [3.63, 3.8) is 0 Å². The molecule has 2 aromatic heterocycles. The molecule has 17 heteroatoms. The molecule has 4 rings (SSSR count). The molecular weight excluding hydrogens is 628 g/mol. The number of hydrogen-bond acceptors (Lipinski definition) is 13. The van der Waals surface area contributed by atoms with Crippen LogP contribution >= 0.6 is 22.9 Å². The number of ether oxygens (including phenoxy) is 2. The van der Waals surface area contributed by atoms with E-state index in [9.17, 15) is 18.0 Å². The Morgan fingerprint density at radius 3 is 2.51 bits per heavy atom. The quantitative estimate of drug-likeness (QED) is 0.0921. The summed E-state index contributed by atoms with van der Waals surface area (Å²) in [6, 6.07) is 9.04. The molecule has 0 fully saturated rings. The molecule has 43 heavy (non-hydrogen) atoms. The van der Waals surface area contributed by atoms with Crippen LogP contribution in [-0.4, -0.2) is 41.4 Å². The number of aryl methyl sites for hydroxylation is 3. The Labute approximate surface area is 254 Å². The SMILES string of the molecule is Cc1cc(C)c(OC(=O)Oc2cccc(CON(O)O)c2)c(C)c1NC(=O)c1sccc1S(=O)(=O)Nc1onc(C)c1Cl. The normalized spacial score (nSPS) is 11.4. The summed E-state index contributed by atoms with van der Waals surface area (Å²) in [6.45, 7) is 6.37. The maximum atomic E-state index is 13.3. The van der Waals surface area contributed by atoms with E-state index in [4.69, 9.17) is 36.0 Å². The minimum atomic E-state index is -4.28. The van der Waals surface area contributed by atoms with Gasteiger partial charge in [0.25, 0.3) is 21.8 Å². The van der Waals surface area contributed by atoms with E-state index in [0.29, 0.717) is 27.9 Å². The summed E-state index contributed by atoms with van der Waals surface area (Å²) < 4.78 is 44.0. The molecule has 2 aromatic carbocycles. The summed E-state index contributed by atoms with van der Waals surface area (Å²) in [5, 5.41) is 24.7. The fourth-order valence-electron chi connectivity index (χ4n) is 3.99. The number of hydrogen-bond donors (Lipinski definition) is 4. The first-order valence-electron chi connectivity index (χ1n) is 12.2. The number of halogens is 1. The summed E-state index contributed by atoms with van der Waals surface area (Å²) in [7, 11) is -4.28. The highest BCUT2D eigenvalue weighted by Crippen LogP contribution is 2.35. The molecule has 4 aromatic rings. The number of benzene rings is 2. The Hall–Kier alpha value is -4.03. The first kappa shape index (κ1) is 31.9. The minimum absolute atomic E-state index is 0.0109. The lowest BCUT2D eigenvalue weighted by atomic mass is 10.0. The van der Waals surface area contributed by atoms with E-state index in [-0.39, 0.29) is 44.5 Å². The monoisotopic (exact) mass is 652 g/mol. The van der Waals surface area contributed by atoms with Crippen LogP contribution in [0.3, 0.4) is 0 Å². The summed E-state index contributed by atoms with van der Waals surface area (Å²) in [5.41, 5.74) is 2.64. The summed E-state index contributed by atoms with van der Waals surface area (Å²) in [4.78, 5) is 30.1. The van der Waals surface area contributed by atoms with Crippen LogP contribution in [0.25, 0.3) is 0 Å². The zero-order chi connectivity index (χ0) is 31.5. The van der Waals surface area contributed by atoms with E-state index in [1.54, 1.807) is 39.0 Å². The van der Waals surface area contributed by atoms with Crippen LogP contribution in [0, 0.1) is 27.7 Å². The average molecular weight is 653 g/mol. The fraction of sp³-hybridized carbons (Fsp3) is 0.192. The molecular formula is C26H25ClN4O10S2. The van der Waals surface area contributed by atoms with E-state index in [1.165, 1.54) is 30.5 Å². The second-order valence-corrected chi connectivity index (χ2v) is 12.0. The lowest BCUT2D eigenvalue weighted by Crippen LogP contribution is -2.20. The van der Waals surface area contributed by atoms with E-state index in [2.05, 4.69) is 20.0 Å². The molecule has 0 atom stereocenters. The van der Waals surface area contributed by atoms with E-state index in [1.807, 2.05) is 0 Å². The van der Waals surface area contributed by atoms with E-state index >= 15 is 0 Å². The van der Waals surface area contributed by atoms with Crippen LogP contribution < -0.4 is 19.5 Å². The predicted molar refractivity (Wildman–Crippen MR) is 153 cm³/mol. The molecule has 14 nitrogen and oxygen atoms in total. The number of anilines is 2. The van der Waals surface area contributed by atoms with Gasteiger partial charge in [-0.25, -0.2) is 22.8 Å². The molecule has 0 aliphatic heterocycles. The summed E-state index contributed by atoms with van der Waals surface area (Å²) in [5.74, 6) is -0.774. The number of rotatable bonds is 10. The largest absolute Gasteiger partial charge is 0.519 e. The molecule has 2 heterocycles. The first-order chi connectivity index (χ1) is 20.3. The highest BCUT2D eigenvalue weighted by Gasteiger charge is 2.28. The molecule has 1 amide bonds. The first-order valence-corrected chi connectivity index (χ1v) is 14.9. The van der Waals surface area contributed by atoms with Crippen LogP contribution in [0.5, 0.6) is 11.5 Å². The number of carbonyl (C=O) groups excluding carboxylic acids is 2. The van der Waals surface area contributed by atoms with Crippen molar-refractivity contribution in [2.75, 3.05) is 10.0 Å². The van der Waals surface area contributed by atoms with Crippen molar-refractivity contribution in [2.45, 2.75) is 39.2 Å². The van der Waals surface area contributed by atoms with Gasteiger partial charge in [-0.2, -0.15) is 0 Å². The van der Waals surface area contributed by atoms with Crippen molar-refractivity contribution in [1.29, 1.82) is 0 Å². The van der Waals surface area contributed by atoms with Crippen LogP contribution in [0.15, 0.2) is 51.2 Å². The molecule has 0 unspecified atom stereocenters. The van der Waals surface area contributed by atoms with Crippen molar-refractivity contribution in [3.05, 3.63) is 79.6 Å². The topological polar surface area (TPSA) is 190 Å². The maximum absolute atomic E-state index is 13.3. The Morgan fingerprint density at radius 1 is 1.09 bits per heavy atom. The number of amides is 1. The summed E-state index contributed by atoms with van der Waals surface area (Å²) in [6.07, 6.45) is -1.07. The Balaban J connectivity index is 1.53. The zero-order valence-corrected chi connectivity index (χ0v) is 25.4. The molecule has 4 N–H and O–H groups in total. The maximum Gasteiger partial charge on any atom is 0.519 e. The van der Waals surface area contributed by atoms with Gasteiger partial charge in [-0.05, 0) is 68.0 Å². The van der Waals surface area contributed by atoms with Crippen molar-refractivity contribution in [2.24, 2.45) is 0 Å². The van der Waals surface area contributed by atoms with Crippen molar-refractivity contribution in [1.82, 2.24) is 10.5 Å². The Morgan fingerprint density at radius 2 is 1.84 bits per heavy atom. The summed E-state index contributed by atoms with van der Waals surface area (Å²) >= 11 is 6.94. The third-order valence-corrected chi connectivity index (χ3v) is 8.78. The van der Waals surface area contributed by atoms with Crippen LogP contribution in [-0.2, 0) is 21.5 Å². The number of carbonyl (C=O) groups is 2. The second-order valence-electron chi connectivity index (χ2n) is 9.05. The molecule has 228 valence electrons. The third-order valence-electron chi connectivity index (χ3n) is 5.91. The van der Waals surface area contributed by atoms with Gasteiger partial charge in [0.2, 0.25) is 0 Å². The van der Waals surface area contributed by atoms with Gasteiger partial charge in [-0.15, -0.1) is 11.3 Å². The molecule has 0 spiro atoms. The Bertz CT molecular complexity index is 1790. The van der Waals surface area contributed by atoms with Gasteiger partial charge in [-0.1, -0.05) is 35.0 Å². The highest BCUT2D eigenvalue weighted by molar-refractivity contribution is 7.93. The third kappa shape index (κ3) is 7.49. The van der Waals surface area contributed by atoms with Crippen molar-refractivity contribution >= 4 is 56.6 Å². The highest BCUT2D eigenvalue weighted by atomic mass is 35.5. The van der Waals surface area contributed by atoms with Crippen LogP contribution in [0.2, 0.25) is 5.02 Å². The lowest BCUT2D eigenvalue weighted by Gasteiger charge is -2.18. The molecule has 0 bridgehead atoms. The van der Waals surface area contributed by atoms with E-state index < -0.39 is 27.5 Å². The second kappa shape index (κ2) is 13.1. The van der Waals surface area contributed by atoms with E-state index in [0.717, 1.165) is 11.3 Å². The number of nitrogens with one attached hydrogen (secondary N) is 2. The van der Waals surface area contributed by atoms with Crippen molar-refractivity contribution in [3.8, 4) is 11.5 Å². The lowest BCUT2D eigenvalue weighted by molar-refractivity contribution is -0.497. The molecule has 0 saturated heterocycles. The fourth-order valence-corrected chi connectivity index (χ4v) is 6.48. The van der Waals surface area contributed by atoms with Crippen LogP contribution in [0.1, 0.15) is 37.6 Å². The zero-order valence-electron chi connectivity index (χ0n) is 23.0. The minimum Gasteiger partial charge on any atom is -0.395 e. The van der Waals surface area contributed by atoms with Crippen molar-refractivity contribution < 1.29 is 47.3 Å². The number of sulfonamides is 1. The van der Waals surface area contributed by atoms with Gasteiger partial charge in [0.1, 0.15) is 32.0 Å². The standard InChI is InChI=1S/C26H25ClN4O10S2/c1-13-10-14(2)22(40-26(33)39-18-7-5-6-17(11-18)12-38-31(34)35)15(3)21(13)28-24(32)23-19(8-9-42-23)43(36,37)30-25-20(27)16(4)29-41-25/h5-11,30,34-35H,12H2,1-4H3,(H,28,32). The Kier molecular flexibility index (Phi) is 9.71. The van der Waals surface area contributed by atoms with Crippen LogP contribution in [0.4, 0.5) is 16.4 Å². The molecule has 0 aliphatic rings. The molecule has 0 saturated carbocycles. The number of thiophene rings is 1. The van der Waals surface area contributed by atoms with Gasteiger partial charge in [0, 0.05) is 5.56 Å². The van der Waals surface area contributed by atoms with Gasteiger partial charge in [-0.3, -0.25) is 15.2 Å². The molecule has 0 aliphatic carbocycles. The van der Waals surface area contributed by atoms with Gasteiger partial charge >= 0.3 is 6.16 Å². The predicted octanol–water partition coefficient (Wildman–Crippen LogP) is 5.77. The average Bonchev–Trinajstić information content (AvgIpc) is 3.56.